The van der Waals surface area contributed by atoms with E-state index in [4.69, 9.17) is 0 Å². The smallest absolute Gasteiger partial charge is 0.169 e. The second-order valence-corrected chi connectivity index (χ2v) is 6.02. The summed E-state index contributed by atoms with van der Waals surface area (Å²) in [6.45, 7) is 1.99. The van der Waals surface area contributed by atoms with Crippen LogP contribution in [0.1, 0.15) is 31.7 Å². The number of allylic oxidation sites excluding steroid dienone is 2. The van der Waals surface area contributed by atoms with Gasteiger partial charge in [-0.3, -0.25) is 0 Å². The minimum atomic E-state index is -4.26. The Morgan fingerprint density at radius 2 is 1.48 bits per heavy atom. The van der Waals surface area contributed by atoms with Gasteiger partial charge >= 0.3 is 6.18 Å². The van der Waals surface area contributed by atoms with E-state index in [0.717, 1.165) is 24.0 Å². The minimum Gasteiger partial charge on any atom is -0.169 e. The molecule has 0 nitrogen and oxygen atoms in total. The topological polar surface area (TPSA) is 0 Å². The molecule has 0 aliphatic heterocycles. The first-order valence-electron chi connectivity index (χ1n) is 7.94. The summed E-state index contributed by atoms with van der Waals surface area (Å²) in [7, 11) is 0. The van der Waals surface area contributed by atoms with Crippen LogP contribution in [0.2, 0.25) is 0 Å². The molecule has 0 aromatic heterocycles. The number of halogens is 3. The van der Waals surface area contributed by atoms with Crippen molar-refractivity contribution >= 4 is 0 Å². The van der Waals surface area contributed by atoms with E-state index in [1.807, 2.05) is 37.3 Å². The standard InChI is InChI=1S/C20H19F3/c1-2-3-9-18-14-19(18,20(21,22)23)17-12-10-16(11-13-17)15-7-5-4-6-8-15/h4-8,10-14H,2-3,9H2,1H3/t19-/m0/s1. The fourth-order valence-corrected chi connectivity index (χ4v) is 3.11. The maximum Gasteiger partial charge on any atom is 0.405 e. The van der Waals surface area contributed by atoms with Crippen molar-refractivity contribution in [2.24, 2.45) is 0 Å². The van der Waals surface area contributed by atoms with Crippen LogP contribution in [0.3, 0.4) is 0 Å². The van der Waals surface area contributed by atoms with Gasteiger partial charge in [0.25, 0.3) is 0 Å². The normalized spacial score (nSPS) is 20.3. The van der Waals surface area contributed by atoms with Gasteiger partial charge in [-0.1, -0.05) is 74.0 Å². The molecule has 0 spiro atoms. The van der Waals surface area contributed by atoms with Crippen molar-refractivity contribution in [3.05, 3.63) is 71.8 Å². The molecule has 1 aliphatic rings. The van der Waals surface area contributed by atoms with Gasteiger partial charge in [-0.25, -0.2) is 0 Å². The molecule has 120 valence electrons. The monoisotopic (exact) mass is 316 g/mol. The fraction of sp³-hybridized carbons (Fsp3) is 0.300. The Labute approximate surface area is 134 Å². The molecular formula is C20H19F3. The molecule has 0 amide bonds. The molecule has 0 saturated carbocycles. The highest BCUT2D eigenvalue weighted by Gasteiger charge is 2.64. The highest BCUT2D eigenvalue weighted by atomic mass is 19.4. The van der Waals surface area contributed by atoms with Crippen molar-refractivity contribution in [3.8, 4) is 11.1 Å². The van der Waals surface area contributed by atoms with Crippen molar-refractivity contribution < 1.29 is 13.2 Å². The highest BCUT2D eigenvalue weighted by molar-refractivity contribution is 5.66. The third kappa shape index (κ3) is 2.80. The van der Waals surface area contributed by atoms with Crippen molar-refractivity contribution in [2.45, 2.75) is 37.8 Å². The number of hydrogen-bond donors (Lipinski definition) is 0. The fourth-order valence-electron chi connectivity index (χ4n) is 3.11. The van der Waals surface area contributed by atoms with Crippen molar-refractivity contribution in [3.63, 3.8) is 0 Å². The van der Waals surface area contributed by atoms with Crippen molar-refractivity contribution in [1.29, 1.82) is 0 Å². The van der Waals surface area contributed by atoms with Crippen LogP contribution < -0.4 is 0 Å². The van der Waals surface area contributed by atoms with E-state index in [1.54, 1.807) is 24.3 Å². The molecule has 1 aliphatic carbocycles. The molecule has 2 aromatic rings. The van der Waals surface area contributed by atoms with Gasteiger partial charge in [0.15, 0.2) is 0 Å². The van der Waals surface area contributed by atoms with E-state index >= 15 is 0 Å². The molecule has 0 saturated heterocycles. The zero-order chi connectivity index (χ0) is 16.5. The summed E-state index contributed by atoms with van der Waals surface area (Å²) in [5.41, 5.74) is 0.963. The molecule has 2 aromatic carbocycles. The van der Waals surface area contributed by atoms with Gasteiger partial charge in [-0.15, -0.1) is 0 Å². The molecule has 0 N–H and O–H groups in total. The molecule has 0 fully saturated rings. The Morgan fingerprint density at radius 1 is 0.870 bits per heavy atom. The van der Waals surface area contributed by atoms with Crippen LogP contribution in [0.5, 0.6) is 0 Å². The average Bonchev–Trinajstić information content (AvgIpc) is 3.30. The predicted molar refractivity (Wildman–Crippen MR) is 87.2 cm³/mol. The van der Waals surface area contributed by atoms with E-state index in [1.165, 1.54) is 6.08 Å². The number of rotatable bonds is 5. The lowest BCUT2D eigenvalue weighted by Crippen LogP contribution is -2.32. The first kappa shape index (κ1) is 15.9. The second-order valence-electron chi connectivity index (χ2n) is 6.02. The summed E-state index contributed by atoms with van der Waals surface area (Å²) >= 11 is 0. The summed E-state index contributed by atoms with van der Waals surface area (Å²) in [4.78, 5) is 0. The summed E-state index contributed by atoms with van der Waals surface area (Å²) in [6, 6.07) is 16.5. The van der Waals surface area contributed by atoms with Crippen LogP contribution in [0, 0.1) is 0 Å². The van der Waals surface area contributed by atoms with Crippen LogP contribution in [0.25, 0.3) is 11.1 Å². The van der Waals surface area contributed by atoms with Gasteiger partial charge < -0.3 is 0 Å². The summed E-state index contributed by atoms with van der Waals surface area (Å²) in [5, 5.41) is 0. The van der Waals surface area contributed by atoms with E-state index in [-0.39, 0.29) is 0 Å². The molecule has 3 heteroatoms. The maximum atomic E-state index is 13.6. The Morgan fingerprint density at radius 3 is 2.04 bits per heavy atom. The Hall–Kier alpha value is -2.03. The first-order valence-corrected chi connectivity index (χ1v) is 7.94. The van der Waals surface area contributed by atoms with Crippen molar-refractivity contribution in [2.75, 3.05) is 0 Å². The average molecular weight is 316 g/mol. The van der Waals surface area contributed by atoms with Crippen LogP contribution in [-0.4, -0.2) is 6.18 Å². The molecule has 0 bridgehead atoms. The third-order valence-corrected chi connectivity index (χ3v) is 4.51. The predicted octanol–water partition coefficient (Wildman–Crippen LogP) is 6.28. The Balaban J connectivity index is 1.88. The summed E-state index contributed by atoms with van der Waals surface area (Å²) < 4.78 is 40.9. The largest absolute Gasteiger partial charge is 0.405 e. The maximum absolute atomic E-state index is 13.6. The van der Waals surface area contributed by atoms with Gasteiger partial charge in [0, 0.05) is 0 Å². The lowest BCUT2D eigenvalue weighted by Gasteiger charge is -2.23. The highest BCUT2D eigenvalue weighted by Crippen LogP contribution is 2.59. The van der Waals surface area contributed by atoms with Gasteiger partial charge in [0.05, 0.1) is 0 Å². The van der Waals surface area contributed by atoms with E-state index in [9.17, 15) is 13.2 Å². The quantitative estimate of drug-likeness (QED) is 0.569. The molecule has 23 heavy (non-hydrogen) atoms. The molecule has 0 heterocycles. The van der Waals surface area contributed by atoms with Crippen LogP contribution in [0.15, 0.2) is 66.2 Å². The molecule has 1 atom stereocenters. The summed E-state index contributed by atoms with van der Waals surface area (Å²) in [6.07, 6.45) is -0.648. The zero-order valence-corrected chi connectivity index (χ0v) is 13.0. The Kier molecular flexibility index (Phi) is 4.05. The second kappa shape index (κ2) is 5.88. The molecule has 0 unspecified atom stereocenters. The molecule has 3 rings (SSSR count). The zero-order valence-electron chi connectivity index (χ0n) is 13.0. The van der Waals surface area contributed by atoms with E-state index in [2.05, 4.69) is 0 Å². The van der Waals surface area contributed by atoms with Crippen molar-refractivity contribution in [1.82, 2.24) is 0 Å². The lowest BCUT2D eigenvalue weighted by molar-refractivity contribution is -0.155. The molecular weight excluding hydrogens is 297 g/mol. The van der Waals surface area contributed by atoms with Gasteiger partial charge in [0.1, 0.15) is 5.41 Å². The van der Waals surface area contributed by atoms with Gasteiger partial charge in [-0.05, 0) is 35.1 Å². The Bertz CT molecular complexity index is 696. The van der Waals surface area contributed by atoms with Crippen LogP contribution >= 0.6 is 0 Å². The minimum absolute atomic E-state index is 0.329. The number of alkyl halides is 3. The van der Waals surface area contributed by atoms with Crippen LogP contribution in [-0.2, 0) is 5.41 Å². The third-order valence-electron chi connectivity index (χ3n) is 4.51. The summed E-state index contributed by atoms with van der Waals surface area (Å²) in [5.74, 6) is 0. The van der Waals surface area contributed by atoms with E-state index in [0.29, 0.717) is 17.6 Å². The van der Waals surface area contributed by atoms with Gasteiger partial charge in [-0.2, -0.15) is 13.2 Å². The SMILES string of the molecule is CCCCC1=C[C@@]1(c1ccc(-c2ccccc2)cc1)C(F)(F)F. The number of hydrogen-bond acceptors (Lipinski definition) is 0. The van der Waals surface area contributed by atoms with E-state index < -0.39 is 11.6 Å². The first-order chi connectivity index (χ1) is 11.0. The lowest BCUT2D eigenvalue weighted by atomic mass is 9.87. The number of unbranched alkanes of at least 4 members (excludes halogenated alkanes) is 1. The van der Waals surface area contributed by atoms with Gasteiger partial charge in [0.2, 0.25) is 0 Å². The molecule has 0 radical (unpaired) electrons. The van der Waals surface area contributed by atoms with Crippen LogP contribution in [0.4, 0.5) is 13.2 Å². The number of benzene rings is 2.